The molecule has 6 heteroatoms. The first kappa shape index (κ1) is 11.1. The standard InChI is InChI=1S/C5H4N2O2.C4H8N2/c8-5(9)4-6-2-1-3-7-4;1-2-5-4-6-3-1/h1-3H,(H,8,9);1-2,5-6H,3-4H2. The number of aromatic nitrogens is 2. The maximum atomic E-state index is 10.1. The third-order valence-electron chi connectivity index (χ3n) is 1.48. The summed E-state index contributed by atoms with van der Waals surface area (Å²) < 4.78 is 0. The van der Waals surface area contributed by atoms with Gasteiger partial charge in [-0.2, -0.15) is 0 Å². The summed E-state index contributed by atoms with van der Waals surface area (Å²) in [5.41, 5.74) is 0. The van der Waals surface area contributed by atoms with E-state index < -0.39 is 5.97 Å². The van der Waals surface area contributed by atoms with Crippen LogP contribution in [0.5, 0.6) is 0 Å². The first-order valence-corrected chi connectivity index (χ1v) is 4.40. The summed E-state index contributed by atoms with van der Waals surface area (Å²) in [4.78, 5) is 17.0. The fourth-order valence-corrected chi connectivity index (χ4v) is 0.838. The monoisotopic (exact) mass is 208 g/mol. The van der Waals surface area contributed by atoms with Crippen LogP contribution in [-0.2, 0) is 0 Å². The molecule has 0 radical (unpaired) electrons. The average Bonchev–Trinajstić information content (AvgIpc) is 2.33. The van der Waals surface area contributed by atoms with Gasteiger partial charge in [0.15, 0.2) is 0 Å². The minimum atomic E-state index is -1.10. The molecule has 0 aromatic carbocycles. The van der Waals surface area contributed by atoms with Gasteiger partial charge in [0, 0.05) is 18.9 Å². The molecule has 1 aromatic rings. The van der Waals surface area contributed by atoms with Gasteiger partial charge in [-0.3, -0.25) is 5.32 Å². The van der Waals surface area contributed by atoms with E-state index >= 15 is 0 Å². The molecule has 0 amide bonds. The molecular weight excluding hydrogens is 196 g/mol. The Morgan fingerprint density at radius 2 is 2.13 bits per heavy atom. The van der Waals surface area contributed by atoms with Crippen molar-refractivity contribution in [2.45, 2.75) is 0 Å². The van der Waals surface area contributed by atoms with Crippen LogP contribution in [0, 0.1) is 0 Å². The van der Waals surface area contributed by atoms with Gasteiger partial charge in [-0.25, -0.2) is 14.8 Å². The predicted molar refractivity (Wildman–Crippen MR) is 54.1 cm³/mol. The maximum absolute atomic E-state index is 10.1. The molecule has 80 valence electrons. The zero-order valence-electron chi connectivity index (χ0n) is 8.05. The molecule has 3 N–H and O–H groups in total. The summed E-state index contributed by atoms with van der Waals surface area (Å²) in [6.07, 6.45) is 6.77. The van der Waals surface area contributed by atoms with Crippen molar-refractivity contribution in [3.63, 3.8) is 0 Å². The number of carboxylic acid groups (broad SMARTS) is 1. The Hall–Kier alpha value is -1.95. The van der Waals surface area contributed by atoms with Crippen molar-refractivity contribution in [2.75, 3.05) is 13.2 Å². The van der Waals surface area contributed by atoms with E-state index in [9.17, 15) is 4.79 Å². The van der Waals surface area contributed by atoms with Crippen LogP contribution >= 0.6 is 0 Å². The Morgan fingerprint density at radius 1 is 1.40 bits per heavy atom. The van der Waals surface area contributed by atoms with E-state index in [4.69, 9.17) is 5.11 Å². The lowest BCUT2D eigenvalue weighted by atomic mass is 10.5. The zero-order valence-corrected chi connectivity index (χ0v) is 8.05. The smallest absolute Gasteiger partial charge is 0.373 e. The summed E-state index contributed by atoms with van der Waals surface area (Å²) in [5, 5.41) is 14.3. The van der Waals surface area contributed by atoms with Gasteiger partial charge in [-0.1, -0.05) is 6.08 Å². The second kappa shape index (κ2) is 6.50. The van der Waals surface area contributed by atoms with Crippen LogP contribution in [0.2, 0.25) is 0 Å². The van der Waals surface area contributed by atoms with E-state index in [1.54, 1.807) is 6.07 Å². The molecule has 0 saturated carbocycles. The fraction of sp³-hybridized carbons (Fsp3) is 0.222. The fourth-order valence-electron chi connectivity index (χ4n) is 0.838. The second-order valence-corrected chi connectivity index (χ2v) is 2.61. The molecule has 1 aliphatic rings. The lowest BCUT2D eigenvalue weighted by molar-refractivity contribution is 0.0683. The normalized spacial score (nSPS) is 13.3. The molecule has 6 nitrogen and oxygen atoms in total. The summed E-state index contributed by atoms with van der Waals surface area (Å²) in [6, 6.07) is 1.56. The first-order chi connectivity index (χ1) is 7.30. The topological polar surface area (TPSA) is 87.1 Å². The van der Waals surface area contributed by atoms with E-state index in [1.807, 2.05) is 12.3 Å². The van der Waals surface area contributed by atoms with E-state index in [0.29, 0.717) is 0 Å². The van der Waals surface area contributed by atoms with Gasteiger partial charge in [0.1, 0.15) is 0 Å². The van der Waals surface area contributed by atoms with Crippen LogP contribution in [0.3, 0.4) is 0 Å². The minimum Gasteiger partial charge on any atom is -0.475 e. The number of aromatic carboxylic acids is 1. The van der Waals surface area contributed by atoms with E-state index in [0.717, 1.165) is 13.2 Å². The minimum absolute atomic E-state index is 0.169. The van der Waals surface area contributed by atoms with Crippen LogP contribution in [0.15, 0.2) is 30.7 Å². The molecule has 1 aromatic heterocycles. The highest BCUT2D eigenvalue weighted by Gasteiger charge is 2.01. The molecule has 0 bridgehead atoms. The Morgan fingerprint density at radius 3 is 2.40 bits per heavy atom. The van der Waals surface area contributed by atoms with Crippen molar-refractivity contribution in [3.8, 4) is 0 Å². The van der Waals surface area contributed by atoms with Crippen molar-refractivity contribution in [1.29, 1.82) is 0 Å². The van der Waals surface area contributed by atoms with Crippen LogP contribution in [-0.4, -0.2) is 34.3 Å². The highest BCUT2D eigenvalue weighted by molar-refractivity contribution is 5.82. The van der Waals surface area contributed by atoms with Gasteiger partial charge in [0.25, 0.3) is 0 Å². The molecule has 0 atom stereocenters. The Bertz CT molecular complexity index is 318. The zero-order chi connectivity index (χ0) is 10.9. The third-order valence-corrected chi connectivity index (χ3v) is 1.48. The molecule has 1 aliphatic heterocycles. The second-order valence-electron chi connectivity index (χ2n) is 2.61. The molecule has 0 spiro atoms. The van der Waals surface area contributed by atoms with E-state index in [1.165, 1.54) is 12.4 Å². The largest absolute Gasteiger partial charge is 0.475 e. The van der Waals surface area contributed by atoms with Crippen molar-refractivity contribution in [1.82, 2.24) is 20.6 Å². The van der Waals surface area contributed by atoms with Gasteiger partial charge in [0.05, 0.1) is 6.67 Å². The average molecular weight is 208 g/mol. The van der Waals surface area contributed by atoms with Crippen molar-refractivity contribution >= 4 is 5.97 Å². The third kappa shape index (κ3) is 4.72. The summed E-state index contributed by atoms with van der Waals surface area (Å²) in [6.45, 7) is 1.92. The Labute approximate surface area is 87.1 Å². The summed E-state index contributed by atoms with van der Waals surface area (Å²) >= 11 is 0. The van der Waals surface area contributed by atoms with Crippen LogP contribution in [0.4, 0.5) is 0 Å². The Balaban J connectivity index is 0.000000162. The van der Waals surface area contributed by atoms with Gasteiger partial charge in [-0.15, -0.1) is 0 Å². The molecule has 2 heterocycles. The number of nitrogens with one attached hydrogen (secondary N) is 2. The van der Waals surface area contributed by atoms with E-state index in [2.05, 4.69) is 20.6 Å². The van der Waals surface area contributed by atoms with Gasteiger partial charge in [-0.05, 0) is 12.3 Å². The Kier molecular flexibility index (Phi) is 4.82. The van der Waals surface area contributed by atoms with Crippen molar-refractivity contribution in [3.05, 3.63) is 36.6 Å². The lowest BCUT2D eigenvalue weighted by Gasteiger charge is -2.05. The first-order valence-electron chi connectivity index (χ1n) is 4.40. The molecule has 0 fully saturated rings. The molecule has 0 saturated heterocycles. The number of nitrogens with zero attached hydrogens (tertiary/aromatic N) is 2. The number of hydrogen-bond acceptors (Lipinski definition) is 5. The lowest BCUT2D eigenvalue weighted by Crippen LogP contribution is -2.29. The summed E-state index contributed by atoms with van der Waals surface area (Å²) in [5.74, 6) is -1.27. The molecule has 15 heavy (non-hydrogen) atoms. The molecular formula is C9H12N4O2. The highest BCUT2D eigenvalue weighted by Crippen LogP contribution is 1.84. The quantitative estimate of drug-likeness (QED) is 0.593. The molecule has 2 rings (SSSR count). The predicted octanol–water partition coefficient (Wildman–Crippen LogP) is -0.175. The van der Waals surface area contributed by atoms with Crippen molar-refractivity contribution < 1.29 is 9.90 Å². The maximum Gasteiger partial charge on any atom is 0.373 e. The van der Waals surface area contributed by atoms with Gasteiger partial charge < -0.3 is 10.4 Å². The number of hydrogen-bond donors (Lipinski definition) is 3. The van der Waals surface area contributed by atoms with Crippen LogP contribution in [0.25, 0.3) is 0 Å². The van der Waals surface area contributed by atoms with Gasteiger partial charge in [0.2, 0.25) is 5.82 Å². The SMILES string of the molecule is C1=CNCNC1.O=C(O)c1ncccn1. The van der Waals surface area contributed by atoms with Crippen molar-refractivity contribution in [2.24, 2.45) is 0 Å². The summed E-state index contributed by atoms with van der Waals surface area (Å²) in [7, 11) is 0. The highest BCUT2D eigenvalue weighted by atomic mass is 16.4. The van der Waals surface area contributed by atoms with Crippen LogP contribution < -0.4 is 10.6 Å². The molecule has 0 aliphatic carbocycles. The van der Waals surface area contributed by atoms with Crippen LogP contribution in [0.1, 0.15) is 10.6 Å². The molecule has 0 unspecified atom stereocenters. The van der Waals surface area contributed by atoms with Gasteiger partial charge >= 0.3 is 5.97 Å². The number of rotatable bonds is 1. The number of carboxylic acids is 1. The number of carbonyl (C=O) groups is 1. The van der Waals surface area contributed by atoms with E-state index in [-0.39, 0.29) is 5.82 Å².